The fourth-order valence-corrected chi connectivity index (χ4v) is 5.43. The molecule has 150 valence electrons. The van der Waals surface area contributed by atoms with Gasteiger partial charge in [-0.25, -0.2) is 4.98 Å². The van der Waals surface area contributed by atoms with Crippen molar-refractivity contribution >= 4 is 21.6 Å². The highest BCUT2D eigenvalue weighted by Gasteiger charge is 2.25. The average Bonchev–Trinajstić information content (AvgIpc) is 3.44. The number of hydrogen-bond acceptors (Lipinski definition) is 8. The second-order valence-corrected chi connectivity index (χ2v) is 8.57. The normalized spacial score (nSPS) is 18.3. The predicted octanol–water partition coefficient (Wildman–Crippen LogP) is 3.53. The van der Waals surface area contributed by atoms with E-state index in [9.17, 15) is 0 Å². The van der Waals surface area contributed by atoms with E-state index in [2.05, 4.69) is 4.90 Å². The summed E-state index contributed by atoms with van der Waals surface area (Å²) >= 11 is 1.79. The van der Waals surface area contributed by atoms with Crippen molar-refractivity contribution in [1.29, 1.82) is 0 Å². The van der Waals surface area contributed by atoms with Crippen LogP contribution in [-0.4, -0.2) is 48.0 Å². The number of thiophene rings is 1. The van der Waals surface area contributed by atoms with Gasteiger partial charge in [0.25, 0.3) is 0 Å². The molecule has 0 unspecified atom stereocenters. The van der Waals surface area contributed by atoms with Crippen LogP contribution in [0.25, 0.3) is 10.2 Å². The number of fused-ring (bicyclic) bond motifs is 4. The number of aryl methyl sites for hydroxylation is 2. The Kier molecular flexibility index (Phi) is 4.28. The van der Waals surface area contributed by atoms with Gasteiger partial charge in [-0.1, -0.05) is 0 Å². The molecule has 0 amide bonds. The Bertz CT molecular complexity index is 1080. The lowest BCUT2D eigenvalue weighted by Crippen LogP contribution is -2.36. The number of ether oxygens (including phenoxy) is 4. The summed E-state index contributed by atoms with van der Waals surface area (Å²) in [6.45, 7) is 4.28. The second-order valence-electron chi connectivity index (χ2n) is 7.49. The number of morpholine rings is 1. The lowest BCUT2D eigenvalue weighted by molar-refractivity contribution is 0.0330. The van der Waals surface area contributed by atoms with Crippen LogP contribution in [0.2, 0.25) is 0 Å². The van der Waals surface area contributed by atoms with E-state index in [1.54, 1.807) is 11.3 Å². The van der Waals surface area contributed by atoms with Crippen molar-refractivity contribution in [2.75, 3.05) is 33.1 Å². The first-order valence-corrected chi connectivity index (χ1v) is 10.8. The van der Waals surface area contributed by atoms with Gasteiger partial charge in [-0.2, -0.15) is 4.98 Å². The maximum atomic E-state index is 6.31. The molecule has 3 aliphatic rings. The zero-order valence-corrected chi connectivity index (χ0v) is 16.8. The number of nitrogens with zero attached hydrogens (tertiary/aromatic N) is 3. The van der Waals surface area contributed by atoms with Crippen LogP contribution in [0.3, 0.4) is 0 Å². The molecular formula is C21H21N3O4S. The molecule has 29 heavy (non-hydrogen) atoms. The maximum Gasteiger partial charge on any atom is 0.231 e. The van der Waals surface area contributed by atoms with Crippen molar-refractivity contribution in [2.45, 2.75) is 25.8 Å². The molecule has 0 N–H and O–H groups in total. The van der Waals surface area contributed by atoms with E-state index in [1.807, 2.05) is 18.2 Å². The van der Waals surface area contributed by atoms with Crippen LogP contribution in [0.5, 0.6) is 23.1 Å². The minimum Gasteiger partial charge on any atom is -0.454 e. The van der Waals surface area contributed by atoms with Crippen molar-refractivity contribution in [1.82, 2.24) is 14.9 Å². The minimum absolute atomic E-state index is 0.248. The molecule has 2 aromatic heterocycles. The summed E-state index contributed by atoms with van der Waals surface area (Å²) < 4.78 is 22.7. The van der Waals surface area contributed by atoms with Crippen LogP contribution < -0.4 is 14.2 Å². The maximum absolute atomic E-state index is 6.31. The van der Waals surface area contributed by atoms with Crippen LogP contribution in [0.15, 0.2) is 18.2 Å². The van der Waals surface area contributed by atoms with Crippen molar-refractivity contribution < 1.29 is 18.9 Å². The number of hydrogen-bond donors (Lipinski definition) is 0. The lowest BCUT2D eigenvalue weighted by atomic mass is 10.2. The summed E-state index contributed by atoms with van der Waals surface area (Å²) in [6, 6.07) is 5.64. The van der Waals surface area contributed by atoms with Crippen LogP contribution >= 0.6 is 11.3 Å². The monoisotopic (exact) mass is 411 g/mol. The molecule has 1 fully saturated rings. The first-order valence-electron chi connectivity index (χ1n) is 10.0. The molecule has 0 radical (unpaired) electrons. The van der Waals surface area contributed by atoms with Crippen LogP contribution in [0, 0.1) is 0 Å². The fraction of sp³-hybridized carbons (Fsp3) is 0.429. The molecule has 0 atom stereocenters. The number of benzene rings is 1. The van der Waals surface area contributed by atoms with Crippen molar-refractivity contribution in [3.63, 3.8) is 0 Å². The molecule has 1 aliphatic carbocycles. The van der Waals surface area contributed by atoms with Crippen LogP contribution in [0.4, 0.5) is 0 Å². The molecule has 7 nitrogen and oxygen atoms in total. The molecule has 0 saturated carbocycles. The molecule has 4 heterocycles. The third kappa shape index (κ3) is 3.21. The van der Waals surface area contributed by atoms with Crippen molar-refractivity contribution in [2.24, 2.45) is 0 Å². The van der Waals surface area contributed by atoms with Crippen molar-refractivity contribution in [3.8, 4) is 23.1 Å². The van der Waals surface area contributed by atoms with Gasteiger partial charge in [0.2, 0.25) is 12.7 Å². The second kappa shape index (κ2) is 7.12. The Morgan fingerprint density at radius 3 is 2.90 bits per heavy atom. The number of aromatic nitrogens is 2. The van der Waals surface area contributed by atoms with Gasteiger partial charge < -0.3 is 18.9 Å². The summed E-state index contributed by atoms with van der Waals surface area (Å²) in [5, 5.41) is 1.07. The quantitative estimate of drug-likeness (QED) is 0.651. The van der Waals surface area contributed by atoms with Gasteiger partial charge in [0.1, 0.15) is 16.4 Å². The summed E-state index contributed by atoms with van der Waals surface area (Å²) in [7, 11) is 0. The van der Waals surface area contributed by atoms with Gasteiger partial charge in [0.15, 0.2) is 11.5 Å². The summed E-state index contributed by atoms with van der Waals surface area (Å²) in [6.07, 6.45) is 3.38. The molecule has 2 aliphatic heterocycles. The highest BCUT2D eigenvalue weighted by atomic mass is 32.1. The van der Waals surface area contributed by atoms with E-state index in [0.717, 1.165) is 60.9 Å². The average molecular weight is 411 g/mol. The molecule has 0 bridgehead atoms. The van der Waals surface area contributed by atoms with Gasteiger partial charge in [-0.05, 0) is 37.0 Å². The first kappa shape index (κ1) is 17.4. The third-order valence-corrected chi connectivity index (χ3v) is 6.79. The largest absolute Gasteiger partial charge is 0.454 e. The third-order valence-electron chi connectivity index (χ3n) is 5.61. The van der Waals surface area contributed by atoms with Crippen molar-refractivity contribution in [3.05, 3.63) is 34.5 Å². The molecule has 0 spiro atoms. The first-order chi connectivity index (χ1) is 14.3. The summed E-state index contributed by atoms with van der Waals surface area (Å²) in [5.41, 5.74) is 1.36. The summed E-state index contributed by atoms with van der Waals surface area (Å²) in [4.78, 5) is 14.5. The Balaban J connectivity index is 1.39. The fourth-order valence-electron chi connectivity index (χ4n) is 4.16. The lowest BCUT2D eigenvalue weighted by Gasteiger charge is -2.25. The van der Waals surface area contributed by atoms with Gasteiger partial charge in [0, 0.05) is 24.0 Å². The van der Waals surface area contributed by atoms with E-state index in [4.69, 9.17) is 28.9 Å². The zero-order valence-electron chi connectivity index (χ0n) is 16.0. The van der Waals surface area contributed by atoms with Gasteiger partial charge in [-0.15, -0.1) is 11.3 Å². The Labute approximate surface area is 172 Å². The predicted molar refractivity (Wildman–Crippen MR) is 108 cm³/mol. The van der Waals surface area contributed by atoms with E-state index >= 15 is 0 Å². The van der Waals surface area contributed by atoms with Gasteiger partial charge >= 0.3 is 0 Å². The molecule has 6 rings (SSSR count). The summed E-state index contributed by atoms with van der Waals surface area (Å²) in [5.74, 6) is 3.60. The van der Waals surface area contributed by atoms with Crippen LogP contribution in [-0.2, 0) is 24.1 Å². The Morgan fingerprint density at radius 1 is 1.07 bits per heavy atom. The molecule has 1 saturated heterocycles. The zero-order chi connectivity index (χ0) is 19.2. The highest BCUT2D eigenvalue weighted by Crippen LogP contribution is 2.43. The Morgan fingerprint density at radius 2 is 1.97 bits per heavy atom. The molecule has 1 aromatic carbocycles. The van der Waals surface area contributed by atoms with E-state index in [-0.39, 0.29) is 6.79 Å². The van der Waals surface area contributed by atoms with E-state index < -0.39 is 0 Å². The smallest absolute Gasteiger partial charge is 0.231 e. The van der Waals surface area contributed by atoms with Crippen LogP contribution in [0.1, 0.15) is 22.7 Å². The highest BCUT2D eigenvalue weighted by molar-refractivity contribution is 7.19. The van der Waals surface area contributed by atoms with Gasteiger partial charge in [-0.3, -0.25) is 4.90 Å². The molecule has 3 aromatic rings. The molecule has 8 heteroatoms. The van der Waals surface area contributed by atoms with E-state index in [1.165, 1.54) is 16.9 Å². The topological polar surface area (TPSA) is 65.9 Å². The van der Waals surface area contributed by atoms with E-state index in [0.29, 0.717) is 23.9 Å². The Hall–Kier alpha value is -2.42. The minimum atomic E-state index is 0.248. The molecular weight excluding hydrogens is 390 g/mol. The number of rotatable bonds is 4. The SMILES string of the molecule is c1cc2c(cc1Oc1nc(CN3CCOCC3)nc3sc4c(c13)CCC4)OCO2. The standard InChI is InChI=1S/C21H21N3O4S/c1-2-14-17(3-1)29-21-19(14)20(22-18(23-21)11-24-6-8-25-9-7-24)28-13-4-5-15-16(10-13)27-12-26-15/h4-5,10H,1-3,6-9,11-12H2. The van der Waals surface area contributed by atoms with Gasteiger partial charge in [0.05, 0.1) is 25.1 Å².